The Morgan fingerprint density at radius 2 is 1.97 bits per heavy atom. The Labute approximate surface area is 186 Å². The molecule has 0 bridgehead atoms. The van der Waals surface area contributed by atoms with E-state index in [1.807, 2.05) is 0 Å². The van der Waals surface area contributed by atoms with Gasteiger partial charge in [0, 0.05) is 44.9 Å². The highest BCUT2D eigenvalue weighted by atomic mass is 32.1. The third-order valence-corrected chi connectivity index (χ3v) is 6.76. The summed E-state index contributed by atoms with van der Waals surface area (Å²) in [5, 5.41) is 7.08. The zero-order chi connectivity index (χ0) is 20.9. The molecule has 0 amide bonds. The second-order valence-electron chi connectivity index (χ2n) is 9.11. The lowest BCUT2D eigenvalue weighted by atomic mass is 10.0. The molecule has 0 aliphatic carbocycles. The fraction of sp³-hybridized carbons (Fsp3) is 0.773. The maximum absolute atomic E-state index is 5.68. The number of rotatable bonds is 5. The molecule has 3 aliphatic rings. The monoisotopic (exact) mass is 432 g/mol. The lowest BCUT2D eigenvalue weighted by Gasteiger charge is -2.36. The molecule has 3 fully saturated rings. The molecule has 3 saturated heterocycles. The molecule has 2 N–H and O–H groups in total. The molecule has 1 aromatic heterocycles. The highest BCUT2D eigenvalue weighted by molar-refractivity contribution is 7.80. The number of aromatic nitrogens is 2. The van der Waals surface area contributed by atoms with Crippen LogP contribution >= 0.6 is 12.2 Å². The first-order valence-electron chi connectivity index (χ1n) is 11.7. The zero-order valence-corrected chi connectivity index (χ0v) is 19.2. The molecule has 4 rings (SSSR count). The Kier molecular flexibility index (Phi) is 7.25. The molecule has 166 valence electrons. The SMILES string of the molecule is CC1CCCN(c2cc(N3CCCCC3C)nc(NC(=S)NCC3CCCO3)n2)C1. The van der Waals surface area contributed by atoms with E-state index in [9.17, 15) is 0 Å². The second kappa shape index (κ2) is 10.1. The van der Waals surface area contributed by atoms with Crippen LogP contribution in [-0.4, -0.2) is 60.0 Å². The maximum atomic E-state index is 5.68. The van der Waals surface area contributed by atoms with Crippen molar-refractivity contribution in [1.82, 2.24) is 15.3 Å². The van der Waals surface area contributed by atoms with Crippen LogP contribution < -0.4 is 20.4 Å². The number of hydrogen-bond donors (Lipinski definition) is 2. The van der Waals surface area contributed by atoms with Gasteiger partial charge in [0.1, 0.15) is 11.6 Å². The molecular weight excluding hydrogens is 396 g/mol. The number of hydrogen-bond acceptors (Lipinski definition) is 6. The van der Waals surface area contributed by atoms with E-state index in [2.05, 4.69) is 40.3 Å². The highest BCUT2D eigenvalue weighted by Gasteiger charge is 2.24. The van der Waals surface area contributed by atoms with Gasteiger partial charge in [0.15, 0.2) is 5.11 Å². The lowest BCUT2D eigenvalue weighted by molar-refractivity contribution is 0.114. The normalized spacial score (nSPS) is 27.2. The van der Waals surface area contributed by atoms with Crippen LogP contribution in [0.3, 0.4) is 0 Å². The highest BCUT2D eigenvalue weighted by Crippen LogP contribution is 2.29. The van der Waals surface area contributed by atoms with Crippen LogP contribution in [0.2, 0.25) is 0 Å². The van der Waals surface area contributed by atoms with Crippen LogP contribution in [-0.2, 0) is 4.74 Å². The summed E-state index contributed by atoms with van der Waals surface area (Å²) < 4.78 is 5.68. The molecule has 3 aliphatic heterocycles. The van der Waals surface area contributed by atoms with E-state index < -0.39 is 0 Å². The van der Waals surface area contributed by atoms with Gasteiger partial charge < -0.3 is 25.2 Å². The second-order valence-corrected chi connectivity index (χ2v) is 9.52. The van der Waals surface area contributed by atoms with Crippen LogP contribution in [0.4, 0.5) is 17.6 Å². The summed E-state index contributed by atoms with van der Waals surface area (Å²) in [6.07, 6.45) is 8.69. The van der Waals surface area contributed by atoms with Gasteiger partial charge in [-0.2, -0.15) is 9.97 Å². The van der Waals surface area contributed by atoms with Crippen LogP contribution in [0.1, 0.15) is 58.8 Å². The van der Waals surface area contributed by atoms with Crippen molar-refractivity contribution < 1.29 is 4.74 Å². The zero-order valence-electron chi connectivity index (χ0n) is 18.4. The van der Waals surface area contributed by atoms with E-state index in [0.717, 1.165) is 57.3 Å². The molecule has 3 atom stereocenters. The Morgan fingerprint density at radius 1 is 1.10 bits per heavy atom. The quantitative estimate of drug-likeness (QED) is 0.685. The van der Waals surface area contributed by atoms with Crippen molar-refractivity contribution in [2.24, 2.45) is 5.92 Å². The van der Waals surface area contributed by atoms with Gasteiger partial charge in [0.05, 0.1) is 6.10 Å². The predicted octanol–water partition coefficient (Wildman–Crippen LogP) is 3.56. The molecule has 8 heteroatoms. The standard InChI is InChI=1S/C22H36N6OS/c1-16-7-5-10-27(15-16)19-13-20(28-11-4-3-8-17(28)2)25-21(24-19)26-22(30)23-14-18-9-6-12-29-18/h13,16-18H,3-12,14-15H2,1-2H3,(H2,23,24,25,26,30). The first-order chi connectivity index (χ1) is 14.6. The van der Waals surface area contributed by atoms with Gasteiger partial charge in [-0.05, 0) is 70.0 Å². The number of nitrogens with zero attached hydrogens (tertiary/aromatic N) is 4. The van der Waals surface area contributed by atoms with Crippen molar-refractivity contribution in [3.8, 4) is 0 Å². The van der Waals surface area contributed by atoms with Gasteiger partial charge in [-0.1, -0.05) is 6.92 Å². The summed E-state index contributed by atoms with van der Waals surface area (Å²) in [5.74, 6) is 3.29. The third kappa shape index (κ3) is 5.52. The Balaban J connectivity index is 1.51. The van der Waals surface area contributed by atoms with Crippen LogP contribution in [0, 0.1) is 5.92 Å². The van der Waals surface area contributed by atoms with E-state index in [1.165, 1.54) is 32.1 Å². The summed E-state index contributed by atoms with van der Waals surface area (Å²) >= 11 is 5.53. The van der Waals surface area contributed by atoms with Gasteiger partial charge in [-0.15, -0.1) is 0 Å². The molecule has 7 nitrogen and oxygen atoms in total. The van der Waals surface area contributed by atoms with E-state index in [0.29, 0.717) is 23.0 Å². The van der Waals surface area contributed by atoms with Crippen molar-refractivity contribution in [3.63, 3.8) is 0 Å². The Morgan fingerprint density at radius 3 is 2.73 bits per heavy atom. The first kappa shape index (κ1) is 21.6. The first-order valence-corrected chi connectivity index (χ1v) is 12.1. The van der Waals surface area contributed by atoms with Gasteiger partial charge in [-0.3, -0.25) is 0 Å². The summed E-state index contributed by atoms with van der Waals surface area (Å²) in [4.78, 5) is 14.5. The van der Waals surface area contributed by atoms with E-state index in [1.54, 1.807) is 0 Å². The average Bonchev–Trinajstić information content (AvgIpc) is 3.26. The molecule has 30 heavy (non-hydrogen) atoms. The average molecular weight is 433 g/mol. The largest absolute Gasteiger partial charge is 0.376 e. The van der Waals surface area contributed by atoms with Crippen molar-refractivity contribution in [1.29, 1.82) is 0 Å². The molecule has 3 unspecified atom stereocenters. The summed E-state index contributed by atoms with van der Waals surface area (Å²) in [6, 6.07) is 2.67. The molecule has 0 radical (unpaired) electrons. The van der Waals surface area contributed by atoms with Crippen molar-refractivity contribution in [2.45, 2.75) is 70.9 Å². The Bertz CT molecular complexity index is 726. The fourth-order valence-electron chi connectivity index (χ4n) is 4.78. The van der Waals surface area contributed by atoms with E-state index in [-0.39, 0.29) is 6.10 Å². The summed E-state index contributed by atoms with van der Waals surface area (Å²) in [5.41, 5.74) is 0. The topological polar surface area (TPSA) is 65.5 Å². The molecule has 0 saturated carbocycles. The maximum Gasteiger partial charge on any atom is 0.232 e. The van der Waals surface area contributed by atoms with Gasteiger partial charge in [0.2, 0.25) is 5.95 Å². The molecular formula is C22H36N6OS. The van der Waals surface area contributed by atoms with Crippen LogP contribution in [0.25, 0.3) is 0 Å². The van der Waals surface area contributed by atoms with Crippen LogP contribution in [0.15, 0.2) is 6.07 Å². The molecule has 0 aromatic carbocycles. The minimum atomic E-state index is 0.247. The number of ether oxygens (including phenoxy) is 1. The summed E-state index contributed by atoms with van der Waals surface area (Å²) in [6.45, 7) is 9.35. The smallest absolute Gasteiger partial charge is 0.232 e. The van der Waals surface area contributed by atoms with Gasteiger partial charge in [-0.25, -0.2) is 0 Å². The van der Waals surface area contributed by atoms with Gasteiger partial charge in [0.25, 0.3) is 0 Å². The number of nitrogens with one attached hydrogen (secondary N) is 2. The number of piperidine rings is 2. The minimum absolute atomic E-state index is 0.247. The number of anilines is 3. The molecule has 0 spiro atoms. The van der Waals surface area contributed by atoms with Crippen LogP contribution in [0.5, 0.6) is 0 Å². The van der Waals surface area contributed by atoms with Crippen molar-refractivity contribution in [3.05, 3.63) is 6.07 Å². The lowest BCUT2D eigenvalue weighted by Crippen LogP contribution is -2.39. The third-order valence-electron chi connectivity index (χ3n) is 6.52. The molecule has 4 heterocycles. The molecule has 1 aromatic rings. The van der Waals surface area contributed by atoms with Crippen molar-refractivity contribution >= 4 is 34.9 Å². The Hall–Kier alpha value is -1.67. The number of thiocarbonyl (C=S) groups is 1. The van der Waals surface area contributed by atoms with Gasteiger partial charge >= 0.3 is 0 Å². The van der Waals surface area contributed by atoms with E-state index >= 15 is 0 Å². The minimum Gasteiger partial charge on any atom is -0.376 e. The fourth-order valence-corrected chi connectivity index (χ4v) is 4.96. The van der Waals surface area contributed by atoms with E-state index in [4.69, 9.17) is 26.9 Å². The summed E-state index contributed by atoms with van der Waals surface area (Å²) in [7, 11) is 0. The van der Waals surface area contributed by atoms with Crippen molar-refractivity contribution in [2.75, 3.05) is 47.9 Å². The predicted molar refractivity (Wildman–Crippen MR) is 126 cm³/mol.